The van der Waals surface area contributed by atoms with E-state index >= 15 is 0 Å². The Morgan fingerprint density at radius 2 is 0.939 bits per heavy atom. The summed E-state index contributed by atoms with van der Waals surface area (Å²) in [5.41, 5.74) is 6.71. The molecule has 0 saturated carbocycles. The number of benzene rings is 7. The highest BCUT2D eigenvalue weighted by Gasteiger charge is 2.17. The van der Waals surface area contributed by atoms with Crippen molar-refractivity contribution in [3.8, 4) is 45.3 Å². The van der Waals surface area contributed by atoms with Gasteiger partial charge in [-0.3, -0.25) is 4.98 Å². The van der Waals surface area contributed by atoms with E-state index in [2.05, 4.69) is 132 Å². The Balaban J connectivity index is 1.15. The van der Waals surface area contributed by atoms with Gasteiger partial charge in [0.2, 0.25) is 0 Å². The highest BCUT2D eigenvalue weighted by molar-refractivity contribution is 6.15. The summed E-state index contributed by atoms with van der Waals surface area (Å²) >= 11 is 0. The molecule has 49 heavy (non-hydrogen) atoms. The van der Waals surface area contributed by atoms with Gasteiger partial charge in [0.25, 0.3) is 0 Å². The van der Waals surface area contributed by atoms with E-state index in [1.165, 1.54) is 10.8 Å². The van der Waals surface area contributed by atoms with Crippen molar-refractivity contribution in [2.45, 2.75) is 0 Å². The largest absolute Gasteiger partial charge is 0.454 e. The second kappa shape index (κ2) is 10.9. The third-order valence-electron chi connectivity index (χ3n) is 9.38. The summed E-state index contributed by atoms with van der Waals surface area (Å²) in [6.07, 6.45) is 3.60. The van der Waals surface area contributed by atoms with Crippen LogP contribution in [0.1, 0.15) is 0 Å². The summed E-state index contributed by atoms with van der Waals surface area (Å²) in [4.78, 5) is 19.5. The van der Waals surface area contributed by atoms with Gasteiger partial charge in [0.15, 0.2) is 23.1 Å². The molecule has 10 rings (SSSR count). The van der Waals surface area contributed by atoms with Gasteiger partial charge in [-0.2, -0.15) is 0 Å². The Morgan fingerprint density at radius 3 is 1.61 bits per heavy atom. The second-order valence-corrected chi connectivity index (χ2v) is 12.3. The van der Waals surface area contributed by atoms with Crippen LogP contribution < -0.4 is 0 Å². The predicted octanol–water partition coefficient (Wildman–Crippen LogP) is 11.3. The van der Waals surface area contributed by atoms with Crippen LogP contribution >= 0.6 is 0 Å². The lowest BCUT2D eigenvalue weighted by Crippen LogP contribution is -2.00. The monoisotopic (exact) mass is 626 g/mol. The van der Waals surface area contributed by atoms with Gasteiger partial charge in [0.1, 0.15) is 5.58 Å². The highest BCUT2D eigenvalue weighted by Crippen LogP contribution is 2.40. The van der Waals surface area contributed by atoms with E-state index in [1.54, 1.807) is 6.20 Å². The maximum absolute atomic E-state index is 6.16. The minimum Gasteiger partial charge on any atom is -0.454 e. The maximum atomic E-state index is 6.16. The number of pyridine rings is 1. The molecular formula is C44H26N4O. The quantitative estimate of drug-likeness (QED) is 0.194. The number of hydrogen-bond donors (Lipinski definition) is 0. The van der Waals surface area contributed by atoms with Gasteiger partial charge >= 0.3 is 0 Å². The van der Waals surface area contributed by atoms with E-state index < -0.39 is 0 Å². The zero-order chi connectivity index (χ0) is 32.3. The van der Waals surface area contributed by atoms with Crippen LogP contribution in [0.4, 0.5) is 0 Å². The number of aromatic nitrogens is 4. The Morgan fingerprint density at radius 1 is 0.388 bits per heavy atom. The molecule has 0 fully saturated rings. The van der Waals surface area contributed by atoms with Crippen LogP contribution in [0, 0.1) is 0 Å². The summed E-state index contributed by atoms with van der Waals surface area (Å²) in [6, 6.07) is 50.6. The van der Waals surface area contributed by atoms with Gasteiger partial charge in [0.05, 0.1) is 6.20 Å². The number of rotatable bonds is 4. The molecular weight excluding hydrogens is 601 g/mol. The number of nitrogens with zero attached hydrogens (tertiary/aromatic N) is 4. The van der Waals surface area contributed by atoms with Crippen molar-refractivity contribution in [2.75, 3.05) is 0 Å². The van der Waals surface area contributed by atoms with Crippen LogP contribution in [0.2, 0.25) is 0 Å². The fraction of sp³-hybridized carbons (Fsp3) is 0. The molecule has 0 amide bonds. The average molecular weight is 627 g/mol. The number of hydrogen-bond acceptors (Lipinski definition) is 5. The molecule has 5 heteroatoms. The summed E-state index contributed by atoms with van der Waals surface area (Å²) in [7, 11) is 0. The summed E-state index contributed by atoms with van der Waals surface area (Å²) in [5.74, 6) is 1.91. The molecule has 0 saturated heterocycles. The predicted molar refractivity (Wildman–Crippen MR) is 199 cm³/mol. The standard InChI is InChI=1S/C44H26N4O/c1-3-9-29-23-32(17-15-27(29)7-1)42-46-43(33-18-16-28-8-2-4-10-30(28)24-33)48-44(47-42)34-19-20-35-31(25-34)11-5-12-36(35)37-13-6-14-39-41(37)38-21-22-45-26-40(38)49-39/h1-26H. The van der Waals surface area contributed by atoms with E-state index in [1.807, 2.05) is 24.4 Å². The number of furan rings is 1. The Kier molecular flexibility index (Phi) is 6.11. The number of fused-ring (bicyclic) bond motifs is 6. The van der Waals surface area contributed by atoms with E-state index in [-0.39, 0.29) is 0 Å². The Labute approximate surface area is 281 Å². The molecule has 0 unspecified atom stereocenters. The molecule has 0 aliphatic rings. The molecule has 10 aromatic rings. The average Bonchev–Trinajstić information content (AvgIpc) is 3.56. The zero-order valence-corrected chi connectivity index (χ0v) is 26.2. The van der Waals surface area contributed by atoms with Gasteiger partial charge in [0, 0.05) is 33.7 Å². The van der Waals surface area contributed by atoms with Crippen LogP contribution in [0.15, 0.2) is 162 Å². The lowest BCUT2D eigenvalue weighted by atomic mass is 9.94. The Hall–Kier alpha value is -6.72. The molecule has 0 bridgehead atoms. The zero-order valence-electron chi connectivity index (χ0n) is 26.2. The fourth-order valence-corrected chi connectivity index (χ4v) is 6.98. The first kappa shape index (κ1) is 27.4. The van der Waals surface area contributed by atoms with Crippen molar-refractivity contribution in [1.82, 2.24) is 19.9 Å². The SMILES string of the molecule is c1ccc2cc(-c3nc(-c4ccc5ccccc5c4)nc(-c4ccc5c(-c6cccc7oc8cnccc8c67)cccc5c4)n3)ccc2c1. The molecule has 3 heterocycles. The molecule has 3 aromatic heterocycles. The topological polar surface area (TPSA) is 64.7 Å². The van der Waals surface area contributed by atoms with E-state index in [0.717, 1.165) is 71.3 Å². The van der Waals surface area contributed by atoms with E-state index in [4.69, 9.17) is 19.4 Å². The summed E-state index contributed by atoms with van der Waals surface area (Å²) in [5, 5.41) is 9.03. The van der Waals surface area contributed by atoms with Crippen molar-refractivity contribution in [2.24, 2.45) is 0 Å². The Bertz CT molecular complexity index is 2810. The molecule has 0 radical (unpaired) electrons. The maximum Gasteiger partial charge on any atom is 0.164 e. The van der Waals surface area contributed by atoms with Crippen LogP contribution in [0.3, 0.4) is 0 Å². The molecule has 0 aliphatic heterocycles. The lowest BCUT2D eigenvalue weighted by Gasteiger charge is -2.12. The third kappa shape index (κ3) is 4.63. The molecule has 0 spiro atoms. The highest BCUT2D eigenvalue weighted by atomic mass is 16.3. The minimum atomic E-state index is 0.629. The molecule has 5 nitrogen and oxygen atoms in total. The van der Waals surface area contributed by atoms with Gasteiger partial charge < -0.3 is 4.42 Å². The van der Waals surface area contributed by atoms with Crippen molar-refractivity contribution in [1.29, 1.82) is 0 Å². The summed E-state index contributed by atoms with van der Waals surface area (Å²) in [6.45, 7) is 0. The van der Waals surface area contributed by atoms with Crippen LogP contribution in [0.5, 0.6) is 0 Å². The molecule has 0 N–H and O–H groups in total. The molecule has 7 aromatic carbocycles. The third-order valence-corrected chi connectivity index (χ3v) is 9.38. The van der Waals surface area contributed by atoms with Crippen molar-refractivity contribution in [3.63, 3.8) is 0 Å². The van der Waals surface area contributed by atoms with Crippen LogP contribution in [-0.4, -0.2) is 19.9 Å². The minimum absolute atomic E-state index is 0.629. The van der Waals surface area contributed by atoms with Gasteiger partial charge in [-0.15, -0.1) is 0 Å². The normalized spacial score (nSPS) is 11.7. The molecule has 0 aliphatic carbocycles. The summed E-state index contributed by atoms with van der Waals surface area (Å²) < 4.78 is 6.16. The van der Waals surface area contributed by atoms with Crippen molar-refractivity contribution < 1.29 is 4.42 Å². The first-order valence-corrected chi connectivity index (χ1v) is 16.3. The van der Waals surface area contributed by atoms with Gasteiger partial charge in [-0.05, 0) is 73.8 Å². The van der Waals surface area contributed by atoms with Crippen LogP contribution in [0.25, 0.3) is 99.5 Å². The lowest BCUT2D eigenvalue weighted by molar-refractivity contribution is 0.667. The van der Waals surface area contributed by atoms with Crippen molar-refractivity contribution >= 4 is 54.3 Å². The first-order chi connectivity index (χ1) is 24.2. The fourth-order valence-electron chi connectivity index (χ4n) is 6.98. The molecule has 0 atom stereocenters. The van der Waals surface area contributed by atoms with Crippen molar-refractivity contribution in [3.05, 3.63) is 158 Å². The van der Waals surface area contributed by atoms with E-state index in [0.29, 0.717) is 17.5 Å². The second-order valence-electron chi connectivity index (χ2n) is 12.3. The van der Waals surface area contributed by atoms with Gasteiger partial charge in [-0.25, -0.2) is 15.0 Å². The first-order valence-electron chi connectivity index (χ1n) is 16.3. The smallest absolute Gasteiger partial charge is 0.164 e. The molecule has 228 valence electrons. The van der Waals surface area contributed by atoms with E-state index in [9.17, 15) is 0 Å². The van der Waals surface area contributed by atoms with Gasteiger partial charge in [-0.1, -0.05) is 115 Å². The van der Waals surface area contributed by atoms with Crippen LogP contribution in [-0.2, 0) is 0 Å².